The van der Waals surface area contributed by atoms with E-state index in [-0.39, 0.29) is 17.0 Å². The summed E-state index contributed by atoms with van der Waals surface area (Å²) in [7, 11) is 1.72. The molecule has 3 aromatic rings. The first-order chi connectivity index (χ1) is 9.13. The van der Waals surface area contributed by atoms with E-state index in [2.05, 4.69) is 30.4 Å². The summed E-state index contributed by atoms with van der Waals surface area (Å²) in [5, 5.41) is 6.65. The summed E-state index contributed by atoms with van der Waals surface area (Å²) in [6.45, 7) is 0. The number of aryl methyl sites for hydroxylation is 1. The molecule has 3 heterocycles. The van der Waals surface area contributed by atoms with E-state index >= 15 is 0 Å². The maximum absolute atomic E-state index is 11.9. The minimum Gasteiger partial charge on any atom is -0.341 e. The second-order valence-electron chi connectivity index (χ2n) is 3.80. The number of hydrogen-bond donors (Lipinski definition) is 2. The normalized spacial score (nSPS) is 10.8. The van der Waals surface area contributed by atoms with Gasteiger partial charge in [0.05, 0.1) is 18.1 Å². The second kappa shape index (κ2) is 4.32. The highest BCUT2D eigenvalue weighted by molar-refractivity contribution is 6.33. The quantitative estimate of drug-likeness (QED) is 0.680. The molecule has 8 nitrogen and oxygen atoms in total. The molecule has 1 amide bonds. The van der Waals surface area contributed by atoms with E-state index < -0.39 is 0 Å². The van der Waals surface area contributed by atoms with Crippen molar-refractivity contribution in [1.29, 1.82) is 0 Å². The molecule has 0 aliphatic heterocycles. The molecular formula is C10H8ClN7O. The van der Waals surface area contributed by atoms with Gasteiger partial charge in [0, 0.05) is 13.2 Å². The fourth-order valence-electron chi connectivity index (χ4n) is 1.57. The first-order valence-electron chi connectivity index (χ1n) is 5.30. The molecule has 3 aromatic heterocycles. The zero-order valence-corrected chi connectivity index (χ0v) is 10.5. The number of amides is 1. The Bertz CT molecular complexity index is 762. The summed E-state index contributed by atoms with van der Waals surface area (Å²) in [6.07, 6.45) is 4.49. The van der Waals surface area contributed by atoms with Gasteiger partial charge in [-0.1, -0.05) is 11.6 Å². The molecule has 0 radical (unpaired) electrons. The van der Waals surface area contributed by atoms with E-state index in [0.29, 0.717) is 16.7 Å². The molecule has 0 unspecified atom stereocenters. The van der Waals surface area contributed by atoms with Crippen LogP contribution in [-0.4, -0.2) is 35.6 Å². The number of halogens is 1. The highest BCUT2D eigenvalue weighted by atomic mass is 35.5. The van der Waals surface area contributed by atoms with Crippen LogP contribution in [-0.2, 0) is 7.05 Å². The molecule has 2 N–H and O–H groups in total. The SMILES string of the molecule is Cn1cc(C(=O)Nc2nc(Cl)c3[nH]cnc3n2)cn1. The molecule has 0 saturated heterocycles. The first-order valence-corrected chi connectivity index (χ1v) is 5.68. The average Bonchev–Trinajstić information content (AvgIpc) is 2.97. The number of hydrogen-bond acceptors (Lipinski definition) is 5. The van der Waals surface area contributed by atoms with Gasteiger partial charge >= 0.3 is 0 Å². The van der Waals surface area contributed by atoms with Crippen molar-refractivity contribution < 1.29 is 4.79 Å². The van der Waals surface area contributed by atoms with Crippen LogP contribution in [0.5, 0.6) is 0 Å². The van der Waals surface area contributed by atoms with Crippen LogP contribution in [0.25, 0.3) is 11.2 Å². The lowest BCUT2D eigenvalue weighted by Crippen LogP contribution is -2.13. The number of aromatic amines is 1. The Morgan fingerprint density at radius 1 is 1.47 bits per heavy atom. The molecular weight excluding hydrogens is 270 g/mol. The van der Waals surface area contributed by atoms with Crippen LogP contribution in [0.15, 0.2) is 18.7 Å². The van der Waals surface area contributed by atoms with E-state index in [1.54, 1.807) is 13.2 Å². The standard InChI is InChI=1S/C10H8ClN7O/c1-18-3-5(2-14-18)9(19)17-10-15-7(11)6-8(16-10)13-4-12-6/h2-4H,1H3,(H2,12,13,15,16,17,19). The number of nitrogens with zero attached hydrogens (tertiary/aromatic N) is 5. The van der Waals surface area contributed by atoms with E-state index in [1.807, 2.05) is 0 Å². The Morgan fingerprint density at radius 2 is 2.32 bits per heavy atom. The number of aromatic nitrogens is 6. The van der Waals surface area contributed by atoms with Crippen LogP contribution in [0.3, 0.4) is 0 Å². The fraction of sp³-hybridized carbons (Fsp3) is 0.100. The predicted octanol–water partition coefficient (Wildman–Crippen LogP) is 0.992. The second-order valence-corrected chi connectivity index (χ2v) is 4.15. The van der Waals surface area contributed by atoms with Crippen LogP contribution >= 0.6 is 11.6 Å². The fourth-order valence-corrected chi connectivity index (χ4v) is 1.79. The number of nitrogens with one attached hydrogen (secondary N) is 2. The maximum atomic E-state index is 11.9. The highest BCUT2D eigenvalue weighted by Gasteiger charge is 2.13. The smallest absolute Gasteiger partial charge is 0.261 e. The monoisotopic (exact) mass is 277 g/mol. The van der Waals surface area contributed by atoms with Crippen molar-refractivity contribution in [3.05, 3.63) is 29.4 Å². The van der Waals surface area contributed by atoms with Gasteiger partial charge in [0.1, 0.15) is 5.52 Å². The molecule has 0 aliphatic carbocycles. The molecule has 3 rings (SSSR count). The van der Waals surface area contributed by atoms with Gasteiger partial charge in [-0.2, -0.15) is 15.1 Å². The summed E-state index contributed by atoms with van der Waals surface area (Å²) in [5.74, 6) is -0.266. The third kappa shape index (κ3) is 2.13. The number of rotatable bonds is 2. The lowest BCUT2D eigenvalue weighted by Gasteiger charge is -2.02. The van der Waals surface area contributed by atoms with E-state index in [4.69, 9.17) is 11.6 Å². The van der Waals surface area contributed by atoms with Crippen LogP contribution in [0, 0.1) is 0 Å². The van der Waals surface area contributed by atoms with Gasteiger partial charge in [-0.3, -0.25) is 14.8 Å². The summed E-state index contributed by atoms with van der Waals surface area (Å²) in [6, 6.07) is 0. The third-order valence-electron chi connectivity index (χ3n) is 2.43. The van der Waals surface area contributed by atoms with Gasteiger partial charge < -0.3 is 4.98 Å². The molecule has 0 aromatic carbocycles. The molecule has 0 bridgehead atoms. The summed E-state index contributed by atoms with van der Waals surface area (Å²) >= 11 is 5.95. The highest BCUT2D eigenvalue weighted by Crippen LogP contribution is 2.18. The first kappa shape index (κ1) is 11.6. The van der Waals surface area contributed by atoms with Gasteiger partial charge in [0.15, 0.2) is 10.8 Å². The molecule has 0 atom stereocenters. The minimum absolute atomic E-state index is 0.0958. The molecule has 0 saturated carbocycles. The van der Waals surface area contributed by atoms with Crippen molar-refractivity contribution in [2.45, 2.75) is 0 Å². The number of H-pyrrole nitrogens is 1. The zero-order valence-electron chi connectivity index (χ0n) is 9.75. The predicted molar refractivity (Wildman–Crippen MR) is 67.9 cm³/mol. The maximum Gasteiger partial charge on any atom is 0.261 e. The molecule has 96 valence electrons. The van der Waals surface area contributed by atoms with E-state index in [0.717, 1.165) is 0 Å². The Balaban J connectivity index is 1.90. The van der Waals surface area contributed by atoms with Crippen molar-refractivity contribution in [3.8, 4) is 0 Å². The number of anilines is 1. The largest absolute Gasteiger partial charge is 0.341 e. The summed E-state index contributed by atoms with van der Waals surface area (Å²) in [4.78, 5) is 26.7. The molecule has 9 heteroatoms. The number of imidazole rings is 1. The van der Waals surface area contributed by atoms with Gasteiger partial charge in [0.25, 0.3) is 5.91 Å². The third-order valence-corrected chi connectivity index (χ3v) is 2.71. The van der Waals surface area contributed by atoms with Gasteiger partial charge in [-0.15, -0.1) is 0 Å². The van der Waals surface area contributed by atoms with E-state index in [1.165, 1.54) is 17.2 Å². The van der Waals surface area contributed by atoms with Crippen LogP contribution < -0.4 is 5.32 Å². The van der Waals surface area contributed by atoms with Crippen LogP contribution in [0.1, 0.15) is 10.4 Å². The van der Waals surface area contributed by atoms with E-state index in [9.17, 15) is 4.79 Å². The van der Waals surface area contributed by atoms with Crippen LogP contribution in [0.2, 0.25) is 5.15 Å². The van der Waals surface area contributed by atoms with Crippen molar-refractivity contribution in [3.63, 3.8) is 0 Å². The average molecular weight is 278 g/mol. The summed E-state index contributed by atoms with van der Waals surface area (Å²) < 4.78 is 1.53. The molecule has 0 fully saturated rings. The van der Waals surface area contributed by atoms with Gasteiger partial charge in [-0.05, 0) is 0 Å². The van der Waals surface area contributed by atoms with Gasteiger partial charge in [0.2, 0.25) is 5.95 Å². The molecule has 0 aliphatic rings. The van der Waals surface area contributed by atoms with Crippen molar-refractivity contribution in [1.82, 2.24) is 29.7 Å². The lowest BCUT2D eigenvalue weighted by molar-refractivity contribution is 0.102. The lowest BCUT2D eigenvalue weighted by atomic mass is 10.3. The Morgan fingerprint density at radius 3 is 3.05 bits per heavy atom. The number of carbonyl (C=O) groups excluding carboxylic acids is 1. The summed E-state index contributed by atoms with van der Waals surface area (Å²) in [5.41, 5.74) is 1.33. The molecule has 0 spiro atoms. The van der Waals surface area contributed by atoms with Crippen molar-refractivity contribution in [2.24, 2.45) is 7.05 Å². The molecule has 19 heavy (non-hydrogen) atoms. The van der Waals surface area contributed by atoms with Crippen LogP contribution in [0.4, 0.5) is 5.95 Å². The Kier molecular flexibility index (Phi) is 2.64. The van der Waals surface area contributed by atoms with Crippen molar-refractivity contribution >= 4 is 34.6 Å². The number of carbonyl (C=O) groups is 1. The van der Waals surface area contributed by atoms with Crippen molar-refractivity contribution in [2.75, 3.05) is 5.32 Å². The zero-order chi connectivity index (χ0) is 13.4. The minimum atomic E-state index is -0.362. The van der Waals surface area contributed by atoms with Gasteiger partial charge in [-0.25, -0.2) is 4.98 Å². The Hall–Kier alpha value is -2.48. The Labute approximate surface area is 111 Å². The number of fused-ring (bicyclic) bond motifs is 1. The topological polar surface area (TPSA) is 101 Å².